The Morgan fingerprint density at radius 2 is 1.32 bits per heavy atom. The normalized spacial score (nSPS) is 16.9. The van der Waals surface area contributed by atoms with Gasteiger partial charge in [-0.1, -0.05) is 122 Å². The molecule has 6 rings (SSSR count). The molecule has 6 nitrogen and oxygen atoms in total. The van der Waals surface area contributed by atoms with Crippen LogP contribution in [0.2, 0.25) is 0 Å². The van der Waals surface area contributed by atoms with Crippen LogP contribution in [-0.4, -0.2) is 62.4 Å². The van der Waals surface area contributed by atoms with Crippen LogP contribution in [0.4, 0.5) is 0 Å². The quantitative estimate of drug-likeness (QED) is 0.235. The molecule has 0 spiro atoms. The monoisotopic (exact) mass is 551 g/mol. The van der Waals surface area contributed by atoms with Gasteiger partial charge in [-0.15, -0.1) is 10.2 Å². The van der Waals surface area contributed by atoms with Crippen molar-refractivity contribution in [3.63, 3.8) is 0 Å². The molecule has 1 aromatic heterocycles. The van der Waals surface area contributed by atoms with E-state index in [1.807, 2.05) is 23.1 Å². The smallest absolute Gasteiger partial charge is 0.233 e. The van der Waals surface area contributed by atoms with Crippen molar-refractivity contribution in [1.29, 1.82) is 0 Å². The molecule has 0 N–H and O–H groups in total. The van der Waals surface area contributed by atoms with E-state index < -0.39 is 0 Å². The molecular weight excluding hydrogens is 514 g/mol. The summed E-state index contributed by atoms with van der Waals surface area (Å²) in [6, 6.07) is 32.3. The minimum atomic E-state index is 0.181. The fourth-order valence-electron chi connectivity index (χ4n) is 6.16. The van der Waals surface area contributed by atoms with Gasteiger partial charge in [-0.25, -0.2) is 0 Å². The molecule has 2 aliphatic rings. The molecule has 1 saturated carbocycles. The molecule has 1 saturated heterocycles. The minimum Gasteiger partial charge on any atom is -0.339 e. The van der Waals surface area contributed by atoms with Gasteiger partial charge in [-0.05, 0) is 24.0 Å². The maximum absolute atomic E-state index is 13.4. The average Bonchev–Trinajstić information content (AvgIpc) is 3.46. The van der Waals surface area contributed by atoms with Crippen molar-refractivity contribution in [2.45, 2.75) is 49.3 Å². The molecule has 2 heterocycles. The molecule has 206 valence electrons. The third kappa shape index (κ3) is 6.01. The number of benzene rings is 3. The van der Waals surface area contributed by atoms with E-state index in [4.69, 9.17) is 0 Å². The summed E-state index contributed by atoms with van der Waals surface area (Å²) >= 11 is 1.54. The summed E-state index contributed by atoms with van der Waals surface area (Å²) in [6.45, 7) is 3.17. The number of carbonyl (C=O) groups is 1. The van der Waals surface area contributed by atoms with Gasteiger partial charge >= 0.3 is 0 Å². The topological polar surface area (TPSA) is 54.3 Å². The van der Waals surface area contributed by atoms with Crippen molar-refractivity contribution < 1.29 is 4.79 Å². The van der Waals surface area contributed by atoms with Crippen molar-refractivity contribution in [1.82, 2.24) is 24.6 Å². The van der Waals surface area contributed by atoms with Crippen LogP contribution in [0, 0.1) is 0 Å². The van der Waals surface area contributed by atoms with Gasteiger partial charge in [0.1, 0.15) is 0 Å². The van der Waals surface area contributed by atoms with Crippen molar-refractivity contribution in [2.24, 2.45) is 0 Å². The standard InChI is InChI=1S/C33H37N5OS/c39-30(25-40-33-35-34-32(28-17-9-3-10-18-28)38(33)29-19-11-4-12-20-29)36-21-23-37(24-22-36)31(26-13-5-1-6-14-26)27-15-7-2-8-16-27/h1-3,5-10,13-18,29,31H,4,11-12,19-25H2. The van der Waals surface area contributed by atoms with Gasteiger partial charge in [0.2, 0.25) is 5.91 Å². The molecule has 7 heteroatoms. The molecule has 4 aromatic rings. The largest absolute Gasteiger partial charge is 0.339 e. The lowest BCUT2D eigenvalue weighted by Crippen LogP contribution is -2.50. The number of aromatic nitrogens is 3. The molecule has 1 amide bonds. The molecule has 0 radical (unpaired) electrons. The van der Waals surface area contributed by atoms with Gasteiger partial charge in [0.15, 0.2) is 11.0 Å². The van der Waals surface area contributed by atoms with E-state index in [2.05, 4.69) is 92.5 Å². The number of carbonyl (C=O) groups excluding carboxylic acids is 1. The lowest BCUT2D eigenvalue weighted by atomic mass is 9.95. The lowest BCUT2D eigenvalue weighted by Gasteiger charge is -2.39. The van der Waals surface area contributed by atoms with Crippen molar-refractivity contribution in [3.8, 4) is 11.4 Å². The van der Waals surface area contributed by atoms with Gasteiger partial charge in [-0.2, -0.15) is 0 Å². The Bertz CT molecular complexity index is 1320. The summed E-state index contributed by atoms with van der Waals surface area (Å²) in [5.74, 6) is 1.49. The SMILES string of the molecule is O=C(CSc1nnc(-c2ccccc2)n1C1CCCCC1)N1CCN(C(c2ccccc2)c2ccccc2)CC1. The first-order chi connectivity index (χ1) is 19.8. The number of piperazine rings is 1. The Balaban J connectivity index is 1.12. The first-order valence-electron chi connectivity index (χ1n) is 14.5. The summed E-state index contributed by atoms with van der Waals surface area (Å²) in [6.07, 6.45) is 6.05. The molecule has 2 fully saturated rings. The van der Waals surface area contributed by atoms with Gasteiger partial charge < -0.3 is 4.90 Å². The van der Waals surface area contributed by atoms with E-state index in [1.165, 1.54) is 30.4 Å². The van der Waals surface area contributed by atoms with E-state index in [9.17, 15) is 4.79 Å². The molecule has 1 aliphatic heterocycles. The van der Waals surface area contributed by atoms with Crippen LogP contribution in [0.1, 0.15) is 55.3 Å². The molecule has 0 atom stereocenters. The fraction of sp³-hybridized carbons (Fsp3) is 0.364. The molecule has 0 unspecified atom stereocenters. The second-order valence-electron chi connectivity index (χ2n) is 10.8. The van der Waals surface area contributed by atoms with Gasteiger partial charge in [0.25, 0.3) is 0 Å². The van der Waals surface area contributed by atoms with E-state index >= 15 is 0 Å². The Morgan fingerprint density at radius 3 is 1.93 bits per heavy atom. The zero-order valence-electron chi connectivity index (χ0n) is 22.9. The third-order valence-corrected chi connectivity index (χ3v) is 9.15. The number of thioether (sulfide) groups is 1. The molecular formula is C33H37N5OS. The highest BCUT2D eigenvalue weighted by Crippen LogP contribution is 2.36. The number of hydrogen-bond donors (Lipinski definition) is 0. The number of amides is 1. The lowest BCUT2D eigenvalue weighted by molar-refractivity contribution is -0.130. The average molecular weight is 552 g/mol. The molecule has 40 heavy (non-hydrogen) atoms. The highest BCUT2D eigenvalue weighted by atomic mass is 32.2. The van der Waals surface area contributed by atoms with Crippen LogP contribution in [0.15, 0.2) is 96.2 Å². The fourth-order valence-corrected chi connectivity index (χ4v) is 7.07. The predicted octanol–water partition coefficient (Wildman–Crippen LogP) is 6.48. The first kappa shape index (κ1) is 26.8. The van der Waals surface area contributed by atoms with Crippen molar-refractivity contribution in [3.05, 3.63) is 102 Å². The summed E-state index contributed by atoms with van der Waals surface area (Å²) in [7, 11) is 0. The Hall–Kier alpha value is -3.42. The zero-order chi connectivity index (χ0) is 27.1. The van der Waals surface area contributed by atoms with Crippen LogP contribution in [0.3, 0.4) is 0 Å². The Kier molecular flexibility index (Phi) is 8.59. The second kappa shape index (κ2) is 12.8. The summed E-state index contributed by atoms with van der Waals surface area (Å²) in [5.41, 5.74) is 3.67. The van der Waals surface area contributed by atoms with E-state index in [0.29, 0.717) is 11.8 Å². The van der Waals surface area contributed by atoms with Crippen LogP contribution in [0.25, 0.3) is 11.4 Å². The third-order valence-electron chi connectivity index (χ3n) is 8.22. The van der Waals surface area contributed by atoms with Crippen LogP contribution >= 0.6 is 11.8 Å². The maximum Gasteiger partial charge on any atom is 0.233 e. The van der Waals surface area contributed by atoms with E-state index in [1.54, 1.807) is 11.8 Å². The maximum atomic E-state index is 13.4. The van der Waals surface area contributed by atoms with Gasteiger partial charge in [0, 0.05) is 37.8 Å². The summed E-state index contributed by atoms with van der Waals surface area (Å²) in [5, 5.41) is 10.1. The van der Waals surface area contributed by atoms with E-state index in [-0.39, 0.29) is 11.9 Å². The number of rotatable bonds is 8. The van der Waals surface area contributed by atoms with Crippen LogP contribution < -0.4 is 0 Å². The van der Waals surface area contributed by atoms with Crippen LogP contribution in [-0.2, 0) is 4.79 Å². The second-order valence-corrected chi connectivity index (χ2v) is 11.7. The van der Waals surface area contributed by atoms with Crippen molar-refractivity contribution >= 4 is 17.7 Å². The number of hydrogen-bond acceptors (Lipinski definition) is 5. The Labute approximate surface area is 241 Å². The summed E-state index contributed by atoms with van der Waals surface area (Å²) < 4.78 is 2.31. The number of nitrogens with zero attached hydrogens (tertiary/aromatic N) is 5. The molecule has 0 bridgehead atoms. The van der Waals surface area contributed by atoms with E-state index in [0.717, 1.165) is 55.6 Å². The molecule has 3 aromatic carbocycles. The van der Waals surface area contributed by atoms with Crippen molar-refractivity contribution in [2.75, 3.05) is 31.9 Å². The predicted molar refractivity (Wildman–Crippen MR) is 161 cm³/mol. The highest BCUT2D eigenvalue weighted by molar-refractivity contribution is 7.99. The Morgan fingerprint density at radius 1 is 0.750 bits per heavy atom. The van der Waals surface area contributed by atoms with Gasteiger partial charge in [-0.3, -0.25) is 14.3 Å². The minimum absolute atomic E-state index is 0.181. The molecule has 1 aliphatic carbocycles. The first-order valence-corrected chi connectivity index (χ1v) is 15.5. The zero-order valence-corrected chi connectivity index (χ0v) is 23.8. The van der Waals surface area contributed by atoms with Crippen LogP contribution in [0.5, 0.6) is 0 Å². The summed E-state index contributed by atoms with van der Waals surface area (Å²) in [4.78, 5) is 17.9. The highest BCUT2D eigenvalue weighted by Gasteiger charge is 2.29. The van der Waals surface area contributed by atoms with Gasteiger partial charge in [0.05, 0.1) is 11.8 Å².